The number of rotatable bonds is 7. The molecule has 0 radical (unpaired) electrons. The molecule has 1 saturated heterocycles. The molecule has 1 N–H and O–H groups in total. The Balaban J connectivity index is 2.46. The molecule has 0 aromatic carbocycles. The van der Waals surface area contributed by atoms with Crippen molar-refractivity contribution in [2.24, 2.45) is 11.3 Å². The number of hydrogen-bond acceptors (Lipinski definition) is 3. The summed E-state index contributed by atoms with van der Waals surface area (Å²) in [5.74, 6) is 0.631. The summed E-state index contributed by atoms with van der Waals surface area (Å²) in [5, 5.41) is 3.75. The molecule has 0 amide bonds. The lowest BCUT2D eigenvalue weighted by Crippen LogP contribution is -2.60. The van der Waals surface area contributed by atoms with Crippen molar-refractivity contribution in [1.29, 1.82) is 0 Å². The van der Waals surface area contributed by atoms with Crippen LogP contribution in [0.1, 0.15) is 54.4 Å². The lowest BCUT2D eigenvalue weighted by atomic mass is 9.84. The van der Waals surface area contributed by atoms with Crippen molar-refractivity contribution in [2.45, 2.75) is 66.5 Å². The van der Waals surface area contributed by atoms with Gasteiger partial charge in [0.05, 0.1) is 6.61 Å². The molecule has 0 spiro atoms. The van der Waals surface area contributed by atoms with Crippen molar-refractivity contribution in [2.75, 3.05) is 32.8 Å². The minimum Gasteiger partial charge on any atom is -0.380 e. The van der Waals surface area contributed by atoms with Crippen molar-refractivity contribution >= 4 is 0 Å². The first-order chi connectivity index (χ1) is 9.34. The van der Waals surface area contributed by atoms with E-state index in [9.17, 15) is 0 Å². The molecule has 0 bridgehead atoms. The van der Waals surface area contributed by atoms with Gasteiger partial charge in [-0.3, -0.25) is 4.90 Å². The van der Waals surface area contributed by atoms with Crippen molar-refractivity contribution in [1.82, 2.24) is 10.2 Å². The molecule has 1 aliphatic heterocycles. The van der Waals surface area contributed by atoms with E-state index in [0.717, 1.165) is 32.8 Å². The van der Waals surface area contributed by atoms with Crippen LogP contribution in [0.2, 0.25) is 0 Å². The molecule has 0 aromatic heterocycles. The standard InChI is InChI=1S/C17H36N2O/c1-7-8-15-11-18-16(17(4,5)6)12-19(15)9-10-20-13-14(2)3/h14-16,18H,7-13H2,1-6H3. The highest BCUT2D eigenvalue weighted by atomic mass is 16.5. The number of nitrogens with one attached hydrogen (secondary N) is 1. The van der Waals surface area contributed by atoms with Crippen molar-refractivity contribution in [3.05, 3.63) is 0 Å². The Morgan fingerprint density at radius 2 is 2.00 bits per heavy atom. The van der Waals surface area contributed by atoms with Crippen LogP contribution in [0.4, 0.5) is 0 Å². The molecule has 2 unspecified atom stereocenters. The predicted molar refractivity (Wildman–Crippen MR) is 87.2 cm³/mol. The Labute approximate surface area is 126 Å². The van der Waals surface area contributed by atoms with Gasteiger partial charge in [-0.05, 0) is 17.8 Å². The lowest BCUT2D eigenvalue weighted by Gasteiger charge is -2.45. The summed E-state index contributed by atoms with van der Waals surface area (Å²) in [4.78, 5) is 2.65. The monoisotopic (exact) mass is 284 g/mol. The molecule has 1 fully saturated rings. The van der Waals surface area contributed by atoms with Gasteiger partial charge in [-0.25, -0.2) is 0 Å². The normalized spacial score (nSPS) is 25.4. The molecule has 1 heterocycles. The third-order valence-corrected chi connectivity index (χ3v) is 4.17. The van der Waals surface area contributed by atoms with Crippen LogP contribution < -0.4 is 5.32 Å². The van der Waals surface area contributed by atoms with E-state index in [0.29, 0.717) is 23.4 Å². The Morgan fingerprint density at radius 3 is 2.55 bits per heavy atom. The fraction of sp³-hybridized carbons (Fsp3) is 1.00. The van der Waals surface area contributed by atoms with Gasteiger partial charge in [0.2, 0.25) is 0 Å². The smallest absolute Gasteiger partial charge is 0.0593 e. The highest BCUT2D eigenvalue weighted by molar-refractivity contribution is 4.91. The van der Waals surface area contributed by atoms with Crippen molar-refractivity contribution in [3.8, 4) is 0 Å². The van der Waals surface area contributed by atoms with Gasteiger partial charge < -0.3 is 10.1 Å². The van der Waals surface area contributed by atoms with Gasteiger partial charge in [0.25, 0.3) is 0 Å². The fourth-order valence-electron chi connectivity index (χ4n) is 2.83. The van der Waals surface area contributed by atoms with E-state index >= 15 is 0 Å². The SMILES string of the molecule is CCCC1CNC(C(C)(C)C)CN1CCOCC(C)C. The topological polar surface area (TPSA) is 24.5 Å². The Morgan fingerprint density at radius 1 is 1.30 bits per heavy atom. The number of piperazine rings is 1. The molecule has 2 atom stereocenters. The Kier molecular flexibility index (Phi) is 7.49. The van der Waals surface area contributed by atoms with Gasteiger partial charge in [0.1, 0.15) is 0 Å². The van der Waals surface area contributed by atoms with E-state index in [1.807, 2.05) is 0 Å². The zero-order valence-corrected chi connectivity index (χ0v) is 14.5. The van der Waals surface area contributed by atoms with E-state index in [1.54, 1.807) is 0 Å². The van der Waals surface area contributed by atoms with Crippen molar-refractivity contribution in [3.63, 3.8) is 0 Å². The summed E-state index contributed by atoms with van der Waals surface area (Å²) < 4.78 is 5.78. The summed E-state index contributed by atoms with van der Waals surface area (Å²) >= 11 is 0. The molecular weight excluding hydrogens is 248 g/mol. The molecule has 1 rings (SSSR count). The van der Waals surface area contributed by atoms with E-state index in [4.69, 9.17) is 4.74 Å². The Bertz CT molecular complexity index is 260. The van der Waals surface area contributed by atoms with Gasteiger partial charge in [0, 0.05) is 38.3 Å². The minimum atomic E-state index is 0.328. The van der Waals surface area contributed by atoms with Gasteiger partial charge in [-0.15, -0.1) is 0 Å². The van der Waals surface area contributed by atoms with E-state index in [2.05, 4.69) is 51.8 Å². The molecule has 1 aliphatic rings. The van der Waals surface area contributed by atoms with E-state index in [-0.39, 0.29) is 0 Å². The molecule has 3 heteroatoms. The molecule has 120 valence electrons. The van der Waals surface area contributed by atoms with Crippen LogP contribution in [0, 0.1) is 11.3 Å². The van der Waals surface area contributed by atoms with Crippen LogP contribution in [0.5, 0.6) is 0 Å². The highest BCUT2D eigenvalue weighted by Crippen LogP contribution is 2.24. The maximum atomic E-state index is 5.78. The summed E-state index contributed by atoms with van der Waals surface area (Å²) in [6.07, 6.45) is 2.55. The Hall–Kier alpha value is -0.120. The predicted octanol–water partition coefficient (Wildman–Crippen LogP) is 3.15. The van der Waals surface area contributed by atoms with Crippen LogP contribution in [0.15, 0.2) is 0 Å². The molecule has 0 aromatic rings. The van der Waals surface area contributed by atoms with Crippen LogP contribution >= 0.6 is 0 Å². The zero-order chi connectivity index (χ0) is 15.2. The number of nitrogens with zero attached hydrogens (tertiary/aromatic N) is 1. The average molecular weight is 284 g/mol. The van der Waals surface area contributed by atoms with Gasteiger partial charge >= 0.3 is 0 Å². The number of ether oxygens (including phenoxy) is 1. The van der Waals surface area contributed by atoms with Gasteiger partial charge in [0.15, 0.2) is 0 Å². The maximum absolute atomic E-state index is 5.78. The van der Waals surface area contributed by atoms with E-state index < -0.39 is 0 Å². The highest BCUT2D eigenvalue weighted by Gasteiger charge is 2.33. The first-order valence-electron chi connectivity index (χ1n) is 8.39. The molecule has 0 saturated carbocycles. The quantitative estimate of drug-likeness (QED) is 0.727. The van der Waals surface area contributed by atoms with Gasteiger partial charge in [-0.1, -0.05) is 48.0 Å². The largest absolute Gasteiger partial charge is 0.380 e. The summed E-state index contributed by atoms with van der Waals surface area (Å²) in [6.45, 7) is 18.8. The first kappa shape index (κ1) is 17.9. The summed E-state index contributed by atoms with van der Waals surface area (Å²) in [5.41, 5.74) is 0.328. The van der Waals surface area contributed by atoms with Crippen LogP contribution in [0.3, 0.4) is 0 Å². The summed E-state index contributed by atoms with van der Waals surface area (Å²) in [7, 11) is 0. The molecule has 3 nitrogen and oxygen atoms in total. The van der Waals surface area contributed by atoms with Gasteiger partial charge in [-0.2, -0.15) is 0 Å². The third kappa shape index (κ3) is 6.11. The van der Waals surface area contributed by atoms with E-state index in [1.165, 1.54) is 12.8 Å². The molecule has 0 aliphatic carbocycles. The van der Waals surface area contributed by atoms with Crippen molar-refractivity contribution < 1.29 is 4.74 Å². The molecule has 20 heavy (non-hydrogen) atoms. The average Bonchev–Trinajstić information content (AvgIpc) is 2.35. The number of hydrogen-bond donors (Lipinski definition) is 1. The second-order valence-corrected chi connectivity index (χ2v) is 7.73. The second-order valence-electron chi connectivity index (χ2n) is 7.73. The third-order valence-electron chi connectivity index (χ3n) is 4.17. The zero-order valence-electron chi connectivity index (χ0n) is 14.5. The first-order valence-corrected chi connectivity index (χ1v) is 8.39. The minimum absolute atomic E-state index is 0.328. The van der Waals surface area contributed by atoms with Crippen LogP contribution in [-0.4, -0.2) is 49.8 Å². The van der Waals surface area contributed by atoms with Crippen LogP contribution in [0.25, 0.3) is 0 Å². The second kappa shape index (κ2) is 8.35. The van der Waals surface area contributed by atoms with Crippen LogP contribution in [-0.2, 0) is 4.74 Å². The maximum Gasteiger partial charge on any atom is 0.0593 e. The molecular formula is C17H36N2O. The summed E-state index contributed by atoms with van der Waals surface area (Å²) in [6, 6.07) is 1.27. The lowest BCUT2D eigenvalue weighted by molar-refractivity contribution is 0.0370. The fourth-order valence-corrected chi connectivity index (χ4v) is 2.83.